The van der Waals surface area contributed by atoms with E-state index in [1.165, 1.54) is 42.7 Å². The molecule has 6 heteroatoms. The monoisotopic (exact) mass is 364 g/mol. The van der Waals surface area contributed by atoms with Crippen LogP contribution in [0.5, 0.6) is 0 Å². The molecule has 1 fully saturated rings. The molecule has 5 nitrogen and oxygen atoms in total. The first-order valence-corrected chi connectivity index (χ1v) is 11.2. The molecule has 0 bridgehead atoms. The van der Waals surface area contributed by atoms with E-state index in [4.69, 9.17) is 0 Å². The number of rotatable bonds is 3. The maximum Gasteiger partial charge on any atom is 0.251 e. The Labute approximate surface area is 150 Å². The molecule has 3 rings (SSSR count). The average Bonchev–Trinajstić information content (AvgIpc) is 2.55. The Balaban J connectivity index is 1.73. The number of anilines is 1. The van der Waals surface area contributed by atoms with Gasteiger partial charge in [-0.05, 0) is 49.4 Å². The van der Waals surface area contributed by atoms with Crippen LogP contribution >= 0.6 is 0 Å². The fourth-order valence-electron chi connectivity index (χ4n) is 3.92. The molecule has 1 aromatic rings. The minimum absolute atomic E-state index is 0.0372. The average molecular weight is 365 g/mol. The van der Waals surface area contributed by atoms with Crippen LogP contribution in [0.3, 0.4) is 0 Å². The minimum atomic E-state index is -3.27. The zero-order valence-corrected chi connectivity index (χ0v) is 15.8. The fourth-order valence-corrected chi connectivity index (χ4v) is 4.91. The van der Waals surface area contributed by atoms with Gasteiger partial charge in [0.05, 0.1) is 11.9 Å². The molecule has 1 N–H and O–H groups in total. The quantitative estimate of drug-likeness (QED) is 0.895. The molecule has 1 aromatic carbocycles. The van der Waals surface area contributed by atoms with Crippen LogP contribution in [0.2, 0.25) is 0 Å². The van der Waals surface area contributed by atoms with E-state index in [2.05, 4.69) is 5.32 Å². The first kappa shape index (κ1) is 18.2. The number of hydrogen-bond donors (Lipinski definition) is 1. The number of nitrogens with one attached hydrogen (secondary N) is 1. The molecule has 138 valence electrons. The lowest BCUT2D eigenvalue weighted by molar-refractivity contribution is 0.0930. The molecule has 0 unspecified atom stereocenters. The molecular formula is C19H28N2O3S. The molecule has 0 radical (unpaired) electrons. The number of aryl methyl sites for hydroxylation is 1. The fraction of sp³-hybridized carbons (Fsp3) is 0.632. The number of carbonyl (C=O) groups excluding carboxylic acids is 1. The Hall–Kier alpha value is -1.56. The first-order chi connectivity index (χ1) is 11.9. The molecule has 1 heterocycles. The topological polar surface area (TPSA) is 66.5 Å². The van der Waals surface area contributed by atoms with Gasteiger partial charge in [0.1, 0.15) is 0 Å². The van der Waals surface area contributed by atoms with E-state index in [0.29, 0.717) is 12.1 Å². The summed E-state index contributed by atoms with van der Waals surface area (Å²) in [6.45, 7) is 0.513. The number of benzene rings is 1. The summed E-state index contributed by atoms with van der Waals surface area (Å²) < 4.78 is 25.3. The van der Waals surface area contributed by atoms with Crippen molar-refractivity contribution in [1.29, 1.82) is 0 Å². The summed E-state index contributed by atoms with van der Waals surface area (Å²) in [5.41, 5.74) is 2.30. The van der Waals surface area contributed by atoms with E-state index >= 15 is 0 Å². The highest BCUT2D eigenvalue weighted by Crippen LogP contribution is 2.30. The smallest absolute Gasteiger partial charge is 0.251 e. The molecule has 0 atom stereocenters. The third-order valence-corrected chi connectivity index (χ3v) is 6.44. The molecule has 1 amide bonds. The van der Waals surface area contributed by atoms with Gasteiger partial charge in [0, 0.05) is 18.2 Å². The highest BCUT2D eigenvalue weighted by molar-refractivity contribution is 7.92. The van der Waals surface area contributed by atoms with Gasteiger partial charge < -0.3 is 5.32 Å². The zero-order valence-electron chi connectivity index (χ0n) is 15.0. The largest absolute Gasteiger partial charge is 0.349 e. The second kappa shape index (κ2) is 7.77. The van der Waals surface area contributed by atoms with E-state index in [-0.39, 0.29) is 11.9 Å². The number of hydrogen-bond acceptors (Lipinski definition) is 3. The van der Waals surface area contributed by atoms with Crippen molar-refractivity contribution in [1.82, 2.24) is 5.32 Å². The van der Waals surface area contributed by atoms with Crippen molar-refractivity contribution in [2.24, 2.45) is 0 Å². The summed E-state index contributed by atoms with van der Waals surface area (Å²) in [7, 11) is -3.27. The molecule has 2 aliphatic rings. The summed E-state index contributed by atoms with van der Waals surface area (Å²) in [5, 5.41) is 3.18. The molecule has 25 heavy (non-hydrogen) atoms. The van der Waals surface area contributed by atoms with Crippen LogP contribution in [0.1, 0.15) is 67.3 Å². The van der Waals surface area contributed by atoms with Crippen LogP contribution in [0.4, 0.5) is 5.69 Å². The molecule has 1 aliphatic heterocycles. The first-order valence-electron chi connectivity index (χ1n) is 9.36. The number of fused-ring (bicyclic) bond motifs is 1. The maximum absolute atomic E-state index is 12.6. The van der Waals surface area contributed by atoms with Crippen molar-refractivity contribution in [3.05, 3.63) is 29.3 Å². The molecule has 1 aliphatic carbocycles. The normalized spacial score (nSPS) is 19.6. The lowest BCUT2D eigenvalue weighted by Crippen LogP contribution is -2.36. The van der Waals surface area contributed by atoms with Crippen LogP contribution in [-0.4, -0.2) is 33.2 Å². The van der Waals surface area contributed by atoms with Gasteiger partial charge in [-0.1, -0.05) is 32.1 Å². The van der Waals surface area contributed by atoms with Crippen molar-refractivity contribution in [3.8, 4) is 0 Å². The van der Waals surface area contributed by atoms with E-state index in [1.54, 1.807) is 12.1 Å². The standard InChI is InChI=1S/C19H28N2O3S/c1-25(23,24)21-13-7-8-15-14-16(11-12-18(15)21)19(22)20-17-9-5-3-2-4-6-10-17/h11-12,14,17H,2-10,13H2,1H3,(H,20,22). The summed E-state index contributed by atoms with van der Waals surface area (Å²) in [6.07, 6.45) is 11.1. The maximum atomic E-state index is 12.6. The Morgan fingerprint density at radius 1 is 1.08 bits per heavy atom. The highest BCUT2D eigenvalue weighted by atomic mass is 32.2. The molecule has 0 spiro atoms. The second-order valence-electron chi connectivity index (χ2n) is 7.30. The van der Waals surface area contributed by atoms with E-state index in [9.17, 15) is 13.2 Å². The SMILES string of the molecule is CS(=O)(=O)N1CCCc2cc(C(=O)NC3CCCCCCC3)ccc21. The van der Waals surface area contributed by atoms with Crippen LogP contribution in [-0.2, 0) is 16.4 Å². The van der Waals surface area contributed by atoms with Gasteiger partial charge in [-0.2, -0.15) is 0 Å². The third-order valence-electron chi connectivity index (χ3n) is 5.26. The van der Waals surface area contributed by atoms with Gasteiger partial charge in [0.2, 0.25) is 10.0 Å². The molecule has 0 saturated heterocycles. The van der Waals surface area contributed by atoms with E-state index < -0.39 is 10.0 Å². The predicted molar refractivity (Wildman–Crippen MR) is 101 cm³/mol. The number of amides is 1. The Kier molecular flexibility index (Phi) is 5.67. The summed E-state index contributed by atoms with van der Waals surface area (Å²) in [4.78, 5) is 12.6. The van der Waals surface area contributed by atoms with Gasteiger partial charge in [0.25, 0.3) is 5.91 Å². The van der Waals surface area contributed by atoms with Crippen LogP contribution < -0.4 is 9.62 Å². The summed E-state index contributed by atoms with van der Waals surface area (Å²) in [6, 6.07) is 5.66. The van der Waals surface area contributed by atoms with E-state index in [0.717, 1.165) is 36.9 Å². The van der Waals surface area contributed by atoms with Crippen LogP contribution in [0, 0.1) is 0 Å². The Morgan fingerprint density at radius 3 is 2.44 bits per heavy atom. The number of sulfonamides is 1. The lowest BCUT2D eigenvalue weighted by atomic mass is 9.96. The van der Waals surface area contributed by atoms with Crippen LogP contribution in [0.25, 0.3) is 0 Å². The number of carbonyl (C=O) groups is 1. The van der Waals surface area contributed by atoms with Crippen LogP contribution in [0.15, 0.2) is 18.2 Å². The van der Waals surface area contributed by atoms with Gasteiger partial charge in [-0.3, -0.25) is 9.10 Å². The van der Waals surface area contributed by atoms with E-state index in [1.807, 2.05) is 6.07 Å². The second-order valence-corrected chi connectivity index (χ2v) is 9.20. The van der Waals surface area contributed by atoms with Gasteiger partial charge in [-0.25, -0.2) is 8.42 Å². The summed E-state index contributed by atoms with van der Waals surface area (Å²) in [5.74, 6) is -0.0372. The molecular weight excluding hydrogens is 336 g/mol. The van der Waals surface area contributed by atoms with Crippen molar-refractivity contribution >= 4 is 21.6 Å². The third kappa shape index (κ3) is 4.54. The molecule has 0 aromatic heterocycles. The lowest BCUT2D eigenvalue weighted by Gasteiger charge is -2.29. The minimum Gasteiger partial charge on any atom is -0.349 e. The van der Waals surface area contributed by atoms with Gasteiger partial charge >= 0.3 is 0 Å². The number of nitrogens with zero attached hydrogens (tertiary/aromatic N) is 1. The summed E-state index contributed by atoms with van der Waals surface area (Å²) >= 11 is 0. The van der Waals surface area contributed by atoms with Crippen molar-refractivity contribution in [3.63, 3.8) is 0 Å². The van der Waals surface area contributed by atoms with Gasteiger partial charge in [0.15, 0.2) is 0 Å². The van der Waals surface area contributed by atoms with Crippen molar-refractivity contribution < 1.29 is 13.2 Å². The van der Waals surface area contributed by atoms with Gasteiger partial charge in [-0.15, -0.1) is 0 Å². The Bertz CT molecular complexity index is 722. The molecule has 1 saturated carbocycles. The van der Waals surface area contributed by atoms with Crippen molar-refractivity contribution in [2.45, 2.75) is 63.8 Å². The van der Waals surface area contributed by atoms with Crippen molar-refractivity contribution in [2.75, 3.05) is 17.1 Å². The highest BCUT2D eigenvalue weighted by Gasteiger charge is 2.25. The predicted octanol–water partition coefficient (Wildman–Crippen LogP) is 3.24. The Morgan fingerprint density at radius 2 is 1.76 bits per heavy atom. The zero-order chi connectivity index (χ0) is 17.9.